The highest BCUT2D eigenvalue weighted by Crippen LogP contribution is 2.29. The van der Waals surface area contributed by atoms with Crippen molar-refractivity contribution in [3.05, 3.63) is 120 Å². The molecule has 5 rings (SSSR count). The van der Waals surface area contributed by atoms with E-state index in [4.69, 9.17) is 0 Å². The number of alkyl halides is 3. The summed E-state index contributed by atoms with van der Waals surface area (Å²) in [5.41, 5.74) is 2.82. The van der Waals surface area contributed by atoms with Crippen LogP contribution in [0.4, 0.5) is 24.5 Å². The van der Waals surface area contributed by atoms with Crippen molar-refractivity contribution in [2.75, 3.05) is 25.0 Å². The number of halogens is 3. The zero-order chi connectivity index (χ0) is 30.2. The fourth-order valence-corrected chi connectivity index (χ4v) is 5.17. The minimum atomic E-state index is -4.40. The van der Waals surface area contributed by atoms with Crippen molar-refractivity contribution >= 4 is 23.4 Å². The molecule has 2 aromatic carbocycles. The van der Waals surface area contributed by atoms with E-state index in [1.807, 2.05) is 48.3 Å². The Morgan fingerprint density at radius 1 is 0.907 bits per heavy atom. The Balaban J connectivity index is 1.30. The molecule has 0 spiro atoms. The quantitative estimate of drug-likeness (QED) is 0.213. The van der Waals surface area contributed by atoms with Gasteiger partial charge in [0.2, 0.25) is 5.91 Å². The zero-order valence-electron chi connectivity index (χ0n) is 23.9. The summed E-state index contributed by atoms with van der Waals surface area (Å²) in [5.74, 6) is 0.591. The smallest absolute Gasteiger partial charge is 0.345 e. The monoisotopic (exact) mass is 586 g/mol. The first-order valence-electron chi connectivity index (χ1n) is 14.1. The summed E-state index contributed by atoms with van der Waals surface area (Å²) in [5, 5.41) is 0. The fraction of sp³-hybridized carbons (Fsp3) is 0.273. The maximum Gasteiger partial charge on any atom is 0.416 e. The van der Waals surface area contributed by atoms with Crippen LogP contribution in [0.25, 0.3) is 6.08 Å². The Kier molecular flexibility index (Phi) is 9.46. The lowest BCUT2D eigenvalue weighted by molar-refractivity contribution is -0.137. The first kappa shape index (κ1) is 29.9. The minimum absolute atomic E-state index is 0.0110. The van der Waals surface area contributed by atoms with E-state index in [1.54, 1.807) is 36.9 Å². The van der Waals surface area contributed by atoms with Crippen LogP contribution in [0.5, 0.6) is 0 Å². The average molecular weight is 587 g/mol. The van der Waals surface area contributed by atoms with Crippen molar-refractivity contribution in [2.24, 2.45) is 0 Å². The van der Waals surface area contributed by atoms with E-state index in [0.717, 1.165) is 60.8 Å². The van der Waals surface area contributed by atoms with E-state index in [9.17, 15) is 18.0 Å². The van der Waals surface area contributed by atoms with Crippen LogP contribution in [0.1, 0.15) is 35.4 Å². The molecule has 1 aliphatic heterocycles. The van der Waals surface area contributed by atoms with Crippen molar-refractivity contribution in [1.29, 1.82) is 0 Å². The number of benzene rings is 2. The van der Waals surface area contributed by atoms with Crippen molar-refractivity contribution < 1.29 is 18.0 Å². The SMILES string of the molecule is CN(c1ccncc1)c1ccc(CN(C(=O)/C=C/c2ccc(C(F)(F)F)cc2)C2CCN(Cc3ncccn3)CC2)cc1. The molecule has 0 aliphatic carbocycles. The lowest BCUT2D eigenvalue weighted by Crippen LogP contribution is -2.46. The molecule has 0 unspecified atom stereocenters. The molecule has 10 heteroatoms. The van der Waals surface area contributed by atoms with Crippen LogP contribution >= 0.6 is 0 Å². The molecular weight excluding hydrogens is 553 g/mol. The van der Waals surface area contributed by atoms with Gasteiger partial charge in [0.1, 0.15) is 5.82 Å². The van der Waals surface area contributed by atoms with Crippen molar-refractivity contribution in [3.8, 4) is 0 Å². The molecule has 0 N–H and O–H groups in total. The number of piperidine rings is 1. The second-order valence-corrected chi connectivity index (χ2v) is 10.5. The van der Waals surface area contributed by atoms with Gasteiger partial charge < -0.3 is 9.80 Å². The van der Waals surface area contributed by atoms with Gasteiger partial charge in [-0.25, -0.2) is 9.97 Å². The number of pyridine rings is 1. The molecule has 0 saturated carbocycles. The number of nitrogens with zero attached hydrogens (tertiary/aromatic N) is 6. The van der Waals surface area contributed by atoms with Gasteiger partial charge in [0.15, 0.2) is 0 Å². The molecule has 1 amide bonds. The van der Waals surface area contributed by atoms with E-state index < -0.39 is 11.7 Å². The van der Waals surface area contributed by atoms with E-state index in [1.165, 1.54) is 18.2 Å². The number of carbonyl (C=O) groups is 1. The summed E-state index contributed by atoms with van der Waals surface area (Å²) < 4.78 is 38.9. The van der Waals surface area contributed by atoms with E-state index in [-0.39, 0.29) is 11.9 Å². The van der Waals surface area contributed by atoms with Gasteiger partial charge in [-0.1, -0.05) is 24.3 Å². The Labute approximate surface area is 249 Å². The van der Waals surface area contributed by atoms with E-state index in [2.05, 4.69) is 24.8 Å². The molecule has 3 heterocycles. The molecule has 2 aromatic heterocycles. The van der Waals surface area contributed by atoms with Crippen molar-refractivity contribution in [2.45, 2.75) is 38.1 Å². The summed E-state index contributed by atoms with van der Waals surface area (Å²) >= 11 is 0. The van der Waals surface area contributed by atoms with Crippen LogP contribution in [0.15, 0.2) is 97.6 Å². The predicted octanol–water partition coefficient (Wildman–Crippen LogP) is 6.36. The molecule has 0 bridgehead atoms. The molecule has 0 atom stereocenters. The Bertz CT molecular complexity index is 1490. The van der Waals surface area contributed by atoms with E-state index >= 15 is 0 Å². The third kappa shape index (κ3) is 8.04. The van der Waals surface area contributed by atoms with E-state index in [0.29, 0.717) is 18.7 Å². The molecular formula is C33H33F3N6O. The second-order valence-electron chi connectivity index (χ2n) is 10.5. The molecule has 1 saturated heterocycles. The first-order valence-corrected chi connectivity index (χ1v) is 14.1. The lowest BCUT2D eigenvalue weighted by Gasteiger charge is -2.38. The van der Waals surface area contributed by atoms with Crippen LogP contribution in [0.3, 0.4) is 0 Å². The first-order chi connectivity index (χ1) is 20.8. The number of hydrogen-bond donors (Lipinski definition) is 0. The molecule has 0 radical (unpaired) electrons. The van der Waals surface area contributed by atoms with Gasteiger partial charge in [-0.3, -0.25) is 14.7 Å². The Hall–Kier alpha value is -4.57. The van der Waals surface area contributed by atoms with Gasteiger partial charge in [0, 0.05) is 75.0 Å². The van der Waals surface area contributed by atoms with Crippen LogP contribution in [0.2, 0.25) is 0 Å². The number of carbonyl (C=O) groups excluding carboxylic acids is 1. The highest BCUT2D eigenvalue weighted by molar-refractivity contribution is 5.92. The summed E-state index contributed by atoms with van der Waals surface area (Å²) in [6.45, 7) is 2.67. The van der Waals surface area contributed by atoms with Gasteiger partial charge in [0.05, 0.1) is 12.1 Å². The molecule has 222 valence electrons. The molecule has 1 aliphatic rings. The maximum absolute atomic E-state index is 13.6. The number of likely N-dealkylation sites (tertiary alicyclic amines) is 1. The number of amides is 1. The highest BCUT2D eigenvalue weighted by Gasteiger charge is 2.30. The largest absolute Gasteiger partial charge is 0.416 e. The zero-order valence-corrected chi connectivity index (χ0v) is 23.9. The fourth-order valence-electron chi connectivity index (χ4n) is 5.17. The van der Waals surface area contributed by atoms with Crippen LogP contribution in [-0.4, -0.2) is 56.8 Å². The van der Waals surface area contributed by atoms with Gasteiger partial charge in [-0.15, -0.1) is 0 Å². The number of rotatable bonds is 9. The van der Waals surface area contributed by atoms with Crippen molar-refractivity contribution in [3.63, 3.8) is 0 Å². The Morgan fingerprint density at radius 2 is 1.53 bits per heavy atom. The molecule has 7 nitrogen and oxygen atoms in total. The number of hydrogen-bond acceptors (Lipinski definition) is 6. The Morgan fingerprint density at radius 3 is 2.16 bits per heavy atom. The molecule has 43 heavy (non-hydrogen) atoms. The van der Waals surface area contributed by atoms with Gasteiger partial charge >= 0.3 is 6.18 Å². The third-order valence-corrected chi connectivity index (χ3v) is 7.65. The summed E-state index contributed by atoms with van der Waals surface area (Å²) in [6.07, 6.45) is 7.17. The lowest BCUT2D eigenvalue weighted by atomic mass is 10.0. The second kappa shape index (κ2) is 13.6. The standard InChI is InChI=1S/C33H33F3N6O/c1-40(29-13-19-37-20-14-29)28-10-5-26(6-11-28)23-42(30-15-21-41(22-16-30)24-31-38-17-2-18-39-31)32(43)12-7-25-3-8-27(9-4-25)33(34,35)36/h2-14,17-20,30H,15-16,21-24H2,1H3/b12-7+. The van der Waals surface area contributed by atoms with Gasteiger partial charge in [0.25, 0.3) is 0 Å². The summed E-state index contributed by atoms with van der Waals surface area (Å²) in [7, 11) is 1.99. The predicted molar refractivity (Wildman–Crippen MR) is 160 cm³/mol. The third-order valence-electron chi connectivity index (χ3n) is 7.65. The number of anilines is 2. The minimum Gasteiger partial charge on any atom is -0.345 e. The molecule has 1 fully saturated rings. The van der Waals surface area contributed by atoms with Crippen LogP contribution in [-0.2, 0) is 24.1 Å². The number of aromatic nitrogens is 3. The summed E-state index contributed by atoms with van der Waals surface area (Å²) in [6, 6.07) is 18.6. The van der Waals surface area contributed by atoms with Gasteiger partial charge in [-0.05, 0) is 72.5 Å². The topological polar surface area (TPSA) is 65.5 Å². The highest BCUT2D eigenvalue weighted by atomic mass is 19.4. The summed E-state index contributed by atoms with van der Waals surface area (Å²) in [4.78, 5) is 32.5. The van der Waals surface area contributed by atoms with Crippen LogP contribution < -0.4 is 4.90 Å². The molecule has 4 aromatic rings. The average Bonchev–Trinajstić information content (AvgIpc) is 3.03. The van der Waals surface area contributed by atoms with Gasteiger partial charge in [-0.2, -0.15) is 13.2 Å². The van der Waals surface area contributed by atoms with Crippen LogP contribution in [0, 0.1) is 0 Å². The normalized spacial score (nSPS) is 14.6. The maximum atomic E-state index is 13.6. The van der Waals surface area contributed by atoms with Crippen molar-refractivity contribution in [1.82, 2.24) is 24.8 Å².